The van der Waals surface area contributed by atoms with E-state index in [2.05, 4.69) is 32.0 Å². The minimum Gasteiger partial charge on any atom is -0.495 e. The Morgan fingerprint density at radius 1 is 1.06 bits per heavy atom. The van der Waals surface area contributed by atoms with Gasteiger partial charge in [-0.1, -0.05) is 12.1 Å². The Hall–Kier alpha value is -2.58. The van der Waals surface area contributed by atoms with Crippen LogP contribution >= 0.6 is 11.9 Å². The van der Waals surface area contributed by atoms with E-state index < -0.39 is 0 Å². The normalized spacial score (nSPS) is 14.2. The first kappa shape index (κ1) is 23.1. The van der Waals surface area contributed by atoms with Crippen LogP contribution in [0.4, 0.5) is 10.5 Å². The zero-order valence-electron chi connectivity index (χ0n) is 18.3. The maximum atomic E-state index is 11.4. The average Bonchev–Trinajstić information content (AvgIpc) is 2.82. The van der Waals surface area contributed by atoms with Crippen LogP contribution in [-0.2, 0) is 0 Å². The Balaban J connectivity index is 1.32. The fourth-order valence-corrected chi connectivity index (χ4v) is 4.04. The number of carbonyl (C=O) groups is 1. The van der Waals surface area contributed by atoms with Crippen molar-refractivity contribution in [3.8, 4) is 11.5 Å². The van der Waals surface area contributed by atoms with E-state index in [0.717, 1.165) is 55.5 Å². The highest BCUT2D eigenvalue weighted by atomic mass is 32.2. The highest BCUT2D eigenvalue weighted by Gasteiger charge is 2.19. The molecule has 168 valence electrons. The summed E-state index contributed by atoms with van der Waals surface area (Å²) in [6, 6.07) is 15.8. The van der Waals surface area contributed by atoms with Crippen LogP contribution in [0.15, 0.2) is 53.4 Å². The van der Waals surface area contributed by atoms with Gasteiger partial charge in [0.2, 0.25) is 0 Å². The van der Waals surface area contributed by atoms with Gasteiger partial charge in [0, 0.05) is 44.2 Å². The highest BCUT2D eigenvalue weighted by molar-refractivity contribution is 7.98. The Morgan fingerprint density at radius 2 is 1.81 bits per heavy atom. The molecule has 0 bridgehead atoms. The standard InChI is InChI=1S/C23H32N4O3S/c1-3-24-23(28)25-31-20-11-9-19(10-12-20)30-18-6-13-26-14-16-27(17-15-26)21-7-4-5-8-22(21)29-2/h4-5,7-12H,3,6,13-18H2,1-2H3,(H2,24,25,28). The van der Waals surface area contributed by atoms with E-state index in [4.69, 9.17) is 9.47 Å². The van der Waals surface area contributed by atoms with E-state index in [1.807, 2.05) is 43.3 Å². The zero-order valence-corrected chi connectivity index (χ0v) is 19.1. The van der Waals surface area contributed by atoms with Crippen molar-refractivity contribution in [1.29, 1.82) is 0 Å². The Labute approximate surface area is 189 Å². The Bertz CT molecular complexity index is 811. The molecule has 7 nitrogen and oxygen atoms in total. The molecule has 31 heavy (non-hydrogen) atoms. The lowest BCUT2D eigenvalue weighted by Gasteiger charge is -2.36. The molecule has 0 spiro atoms. The molecule has 2 amide bonds. The topological polar surface area (TPSA) is 66.1 Å². The molecule has 2 aromatic rings. The number of hydrogen-bond donors (Lipinski definition) is 2. The smallest absolute Gasteiger partial charge is 0.325 e. The number of methoxy groups -OCH3 is 1. The molecule has 1 fully saturated rings. The molecule has 0 unspecified atom stereocenters. The fourth-order valence-electron chi connectivity index (χ4n) is 3.49. The average molecular weight is 445 g/mol. The third-order valence-corrected chi connectivity index (χ3v) is 5.90. The van der Waals surface area contributed by atoms with E-state index in [1.54, 1.807) is 7.11 Å². The van der Waals surface area contributed by atoms with Gasteiger partial charge in [-0.05, 0) is 61.7 Å². The van der Waals surface area contributed by atoms with Gasteiger partial charge in [0.1, 0.15) is 11.5 Å². The summed E-state index contributed by atoms with van der Waals surface area (Å²) < 4.78 is 14.1. The first-order chi connectivity index (χ1) is 15.2. The van der Waals surface area contributed by atoms with E-state index >= 15 is 0 Å². The van der Waals surface area contributed by atoms with Crippen LogP contribution in [0.3, 0.4) is 0 Å². The first-order valence-corrected chi connectivity index (χ1v) is 11.5. The van der Waals surface area contributed by atoms with Gasteiger partial charge in [0.25, 0.3) is 0 Å². The van der Waals surface area contributed by atoms with E-state index in [0.29, 0.717) is 13.2 Å². The number of para-hydroxylation sites is 2. The molecule has 3 rings (SSSR count). The van der Waals surface area contributed by atoms with Gasteiger partial charge < -0.3 is 19.7 Å². The highest BCUT2D eigenvalue weighted by Crippen LogP contribution is 2.28. The molecule has 1 aliphatic heterocycles. The number of anilines is 1. The molecule has 1 aliphatic rings. The van der Waals surface area contributed by atoms with Crippen LogP contribution in [-0.4, -0.2) is 63.9 Å². The van der Waals surface area contributed by atoms with E-state index in [1.165, 1.54) is 17.6 Å². The minimum atomic E-state index is -0.184. The minimum absolute atomic E-state index is 0.184. The monoisotopic (exact) mass is 444 g/mol. The fraction of sp³-hybridized carbons (Fsp3) is 0.435. The third kappa shape index (κ3) is 7.25. The number of nitrogens with one attached hydrogen (secondary N) is 2. The van der Waals surface area contributed by atoms with Gasteiger partial charge in [-0.25, -0.2) is 4.79 Å². The molecule has 8 heteroatoms. The number of carbonyl (C=O) groups excluding carboxylic acids is 1. The van der Waals surface area contributed by atoms with Crippen LogP contribution in [0.2, 0.25) is 0 Å². The van der Waals surface area contributed by atoms with Crippen molar-refractivity contribution in [2.24, 2.45) is 0 Å². The predicted molar refractivity (Wildman–Crippen MR) is 126 cm³/mol. The Kier molecular flexibility index (Phi) is 9.17. The number of benzene rings is 2. The lowest BCUT2D eigenvalue weighted by molar-refractivity contribution is 0.224. The van der Waals surface area contributed by atoms with E-state index in [9.17, 15) is 4.79 Å². The summed E-state index contributed by atoms with van der Waals surface area (Å²) in [5.74, 6) is 1.79. The molecule has 0 aliphatic carbocycles. The predicted octanol–water partition coefficient (Wildman–Crippen LogP) is 3.61. The Morgan fingerprint density at radius 3 is 2.52 bits per heavy atom. The van der Waals surface area contributed by atoms with Crippen molar-refractivity contribution in [2.45, 2.75) is 18.2 Å². The van der Waals surface area contributed by atoms with Crippen LogP contribution in [0.5, 0.6) is 11.5 Å². The van der Waals surface area contributed by atoms with Crippen LogP contribution in [0, 0.1) is 0 Å². The number of urea groups is 1. The van der Waals surface area contributed by atoms with Gasteiger partial charge in [0.05, 0.1) is 19.4 Å². The summed E-state index contributed by atoms with van der Waals surface area (Å²) in [5.41, 5.74) is 1.18. The summed E-state index contributed by atoms with van der Waals surface area (Å²) in [4.78, 5) is 17.3. The van der Waals surface area contributed by atoms with Crippen molar-refractivity contribution in [1.82, 2.24) is 14.9 Å². The quantitative estimate of drug-likeness (QED) is 0.431. The number of nitrogens with zero attached hydrogens (tertiary/aromatic N) is 2. The number of hydrogen-bond acceptors (Lipinski definition) is 6. The third-order valence-electron chi connectivity index (χ3n) is 5.11. The largest absolute Gasteiger partial charge is 0.495 e. The summed E-state index contributed by atoms with van der Waals surface area (Å²) in [6.07, 6.45) is 0.990. The maximum Gasteiger partial charge on any atom is 0.325 e. The summed E-state index contributed by atoms with van der Waals surface area (Å²) in [7, 11) is 1.73. The SMILES string of the molecule is CCNC(=O)NSc1ccc(OCCCN2CCN(c3ccccc3OC)CC2)cc1. The first-order valence-electron chi connectivity index (χ1n) is 10.7. The van der Waals surface area contributed by atoms with Crippen molar-refractivity contribution < 1.29 is 14.3 Å². The molecular weight excluding hydrogens is 412 g/mol. The number of amides is 2. The summed E-state index contributed by atoms with van der Waals surface area (Å²) >= 11 is 1.29. The van der Waals surface area contributed by atoms with Crippen molar-refractivity contribution in [3.05, 3.63) is 48.5 Å². The van der Waals surface area contributed by atoms with Gasteiger partial charge >= 0.3 is 6.03 Å². The number of piperazine rings is 1. The second-order valence-electron chi connectivity index (χ2n) is 7.24. The molecule has 1 saturated heterocycles. The van der Waals surface area contributed by atoms with Crippen LogP contribution in [0.25, 0.3) is 0 Å². The van der Waals surface area contributed by atoms with Gasteiger partial charge in [-0.15, -0.1) is 0 Å². The summed E-state index contributed by atoms with van der Waals surface area (Å²) in [6.45, 7) is 8.32. The molecule has 2 N–H and O–H groups in total. The zero-order chi connectivity index (χ0) is 21.9. The number of rotatable bonds is 10. The summed E-state index contributed by atoms with van der Waals surface area (Å²) in [5, 5.41) is 2.70. The van der Waals surface area contributed by atoms with Crippen molar-refractivity contribution in [2.75, 3.05) is 57.9 Å². The molecular formula is C23H32N4O3S. The number of ether oxygens (including phenoxy) is 2. The lowest BCUT2D eigenvalue weighted by atomic mass is 10.2. The second kappa shape index (κ2) is 12.3. The van der Waals surface area contributed by atoms with Crippen LogP contribution < -0.4 is 24.4 Å². The molecule has 1 heterocycles. The van der Waals surface area contributed by atoms with Crippen LogP contribution in [0.1, 0.15) is 13.3 Å². The van der Waals surface area contributed by atoms with Gasteiger partial charge in [0.15, 0.2) is 0 Å². The van der Waals surface area contributed by atoms with Gasteiger partial charge in [-0.2, -0.15) is 0 Å². The molecule has 0 aromatic heterocycles. The van der Waals surface area contributed by atoms with Crippen molar-refractivity contribution >= 4 is 23.7 Å². The maximum absolute atomic E-state index is 11.4. The lowest BCUT2D eigenvalue weighted by Crippen LogP contribution is -2.46. The molecule has 0 atom stereocenters. The molecule has 0 saturated carbocycles. The molecule has 0 radical (unpaired) electrons. The van der Waals surface area contributed by atoms with Gasteiger partial charge in [-0.3, -0.25) is 9.62 Å². The molecule has 2 aromatic carbocycles. The van der Waals surface area contributed by atoms with Crippen molar-refractivity contribution in [3.63, 3.8) is 0 Å². The second-order valence-corrected chi connectivity index (χ2v) is 8.12. The van der Waals surface area contributed by atoms with E-state index in [-0.39, 0.29) is 6.03 Å².